The summed E-state index contributed by atoms with van der Waals surface area (Å²) in [5.41, 5.74) is -2.65. The zero-order valence-electron chi connectivity index (χ0n) is 18.5. The van der Waals surface area contributed by atoms with Gasteiger partial charge in [0.2, 0.25) is 0 Å². The van der Waals surface area contributed by atoms with Crippen LogP contribution in [0.2, 0.25) is 0 Å². The van der Waals surface area contributed by atoms with Crippen molar-refractivity contribution in [1.29, 1.82) is 0 Å². The highest BCUT2D eigenvalue weighted by Crippen LogP contribution is 2.36. The summed E-state index contributed by atoms with van der Waals surface area (Å²) in [5, 5.41) is 2.74. The molecule has 2 amide bonds. The van der Waals surface area contributed by atoms with Crippen LogP contribution in [0, 0.1) is 0 Å². The number of fused-ring (bicyclic) bond motifs is 2. The largest absolute Gasteiger partial charge is 0.464 e. The second kappa shape index (κ2) is 8.38. The van der Waals surface area contributed by atoms with E-state index in [0.717, 1.165) is 0 Å². The molecule has 2 unspecified atom stereocenters. The number of nitrogens with one attached hydrogen (secondary N) is 1. The Labute approximate surface area is 172 Å². The van der Waals surface area contributed by atoms with Crippen molar-refractivity contribution in [2.75, 3.05) is 19.8 Å². The van der Waals surface area contributed by atoms with Crippen LogP contribution in [0.3, 0.4) is 0 Å². The molecule has 1 N–H and O–H groups in total. The molecule has 0 aliphatic carbocycles. The van der Waals surface area contributed by atoms with Crippen LogP contribution < -0.4 is 5.32 Å². The van der Waals surface area contributed by atoms with E-state index in [1.165, 1.54) is 0 Å². The van der Waals surface area contributed by atoms with Crippen LogP contribution in [0.1, 0.15) is 61.3 Å². The van der Waals surface area contributed by atoms with E-state index < -0.39 is 47.0 Å². The predicted octanol–water partition coefficient (Wildman–Crippen LogP) is 2.61. The summed E-state index contributed by atoms with van der Waals surface area (Å²) in [6.45, 7) is 13.0. The third-order valence-electron chi connectivity index (χ3n) is 4.59. The molecular formula is C20H34N2O7. The molecule has 0 aromatic rings. The Hall–Kier alpha value is -2.03. The lowest BCUT2D eigenvalue weighted by molar-refractivity contribution is -0.161. The average Bonchev–Trinajstić information content (AvgIpc) is 2.50. The van der Waals surface area contributed by atoms with Crippen LogP contribution >= 0.6 is 0 Å². The van der Waals surface area contributed by atoms with E-state index in [2.05, 4.69) is 5.32 Å². The van der Waals surface area contributed by atoms with Gasteiger partial charge in [-0.3, -0.25) is 4.90 Å². The van der Waals surface area contributed by atoms with Crippen LogP contribution in [-0.2, 0) is 23.7 Å². The van der Waals surface area contributed by atoms with Gasteiger partial charge in [-0.25, -0.2) is 14.4 Å². The van der Waals surface area contributed by atoms with Gasteiger partial charge in [0.15, 0.2) is 0 Å². The minimum Gasteiger partial charge on any atom is -0.464 e. The second-order valence-corrected chi connectivity index (χ2v) is 9.57. The first-order valence-electron chi connectivity index (χ1n) is 10.0. The number of ether oxygens (including phenoxy) is 4. The Balaban J connectivity index is 2.28. The molecule has 2 aliphatic rings. The maximum absolute atomic E-state index is 12.9. The van der Waals surface area contributed by atoms with Gasteiger partial charge in [0.25, 0.3) is 0 Å². The Morgan fingerprint density at radius 3 is 1.97 bits per heavy atom. The lowest BCUT2D eigenvalue weighted by atomic mass is 9.78. The van der Waals surface area contributed by atoms with Gasteiger partial charge in [0.1, 0.15) is 16.7 Å². The zero-order valence-corrected chi connectivity index (χ0v) is 18.5. The number of alkyl carbamates (subject to hydrolysis) is 1. The van der Waals surface area contributed by atoms with Gasteiger partial charge in [0, 0.05) is 12.8 Å². The van der Waals surface area contributed by atoms with Crippen LogP contribution in [0.5, 0.6) is 0 Å². The number of carbonyl (C=O) groups excluding carboxylic acids is 3. The van der Waals surface area contributed by atoms with E-state index in [1.54, 1.807) is 53.4 Å². The quantitative estimate of drug-likeness (QED) is 0.559. The molecule has 29 heavy (non-hydrogen) atoms. The monoisotopic (exact) mass is 414 g/mol. The number of piperidine rings is 1. The van der Waals surface area contributed by atoms with E-state index >= 15 is 0 Å². The molecule has 2 fully saturated rings. The molecule has 0 aromatic carbocycles. The molecule has 0 saturated carbocycles. The van der Waals surface area contributed by atoms with Gasteiger partial charge >= 0.3 is 18.2 Å². The number of carbonyl (C=O) groups is 3. The van der Waals surface area contributed by atoms with Crippen LogP contribution in [0.15, 0.2) is 0 Å². The first kappa shape index (κ1) is 23.3. The standard InChI is InChI=1S/C20H34N2O7/c1-8-27-15(23)20(21-16(24)28-18(2,3)4)9-13-11-26-12-14(10-20)22(13)17(25)29-19(5,6)7/h13-14H,8-12H2,1-7H3,(H,21,24). The summed E-state index contributed by atoms with van der Waals surface area (Å²) in [4.78, 5) is 39.8. The van der Waals surface area contributed by atoms with Gasteiger partial charge in [-0.2, -0.15) is 0 Å². The van der Waals surface area contributed by atoms with Gasteiger partial charge < -0.3 is 24.3 Å². The third kappa shape index (κ3) is 5.98. The van der Waals surface area contributed by atoms with Gasteiger partial charge in [0.05, 0.1) is 31.9 Å². The number of hydrogen-bond donors (Lipinski definition) is 1. The smallest absolute Gasteiger partial charge is 0.410 e. The van der Waals surface area contributed by atoms with Crippen molar-refractivity contribution in [3.63, 3.8) is 0 Å². The second-order valence-electron chi connectivity index (χ2n) is 9.57. The first-order valence-corrected chi connectivity index (χ1v) is 10.0. The fourth-order valence-electron chi connectivity index (χ4n) is 3.70. The molecule has 0 spiro atoms. The number of nitrogens with zero attached hydrogens (tertiary/aromatic N) is 1. The van der Waals surface area contributed by atoms with E-state index in [9.17, 15) is 14.4 Å². The molecule has 2 atom stereocenters. The molecule has 2 bridgehead atoms. The molecule has 2 aliphatic heterocycles. The fraction of sp³-hybridized carbons (Fsp3) is 0.850. The summed E-state index contributed by atoms with van der Waals surface area (Å²) in [6.07, 6.45) is -0.845. The number of esters is 1. The summed E-state index contributed by atoms with van der Waals surface area (Å²) >= 11 is 0. The van der Waals surface area contributed by atoms with Crippen LogP contribution in [0.4, 0.5) is 9.59 Å². The van der Waals surface area contributed by atoms with Crippen molar-refractivity contribution in [3.8, 4) is 0 Å². The van der Waals surface area contributed by atoms with Crippen molar-refractivity contribution in [3.05, 3.63) is 0 Å². The number of hydrogen-bond acceptors (Lipinski definition) is 7. The van der Waals surface area contributed by atoms with Crippen molar-refractivity contribution in [2.45, 2.75) is 90.1 Å². The minimum atomic E-state index is -1.30. The third-order valence-corrected chi connectivity index (χ3v) is 4.59. The number of morpholine rings is 1. The fourth-order valence-corrected chi connectivity index (χ4v) is 3.70. The van der Waals surface area contributed by atoms with E-state index in [-0.39, 0.29) is 32.7 Å². The highest BCUT2D eigenvalue weighted by molar-refractivity contribution is 5.86. The topological polar surface area (TPSA) is 103 Å². The summed E-state index contributed by atoms with van der Waals surface area (Å²) in [6, 6.07) is -0.867. The Morgan fingerprint density at radius 2 is 1.52 bits per heavy atom. The minimum absolute atomic E-state index is 0.154. The highest BCUT2D eigenvalue weighted by atomic mass is 16.6. The number of amides is 2. The molecule has 0 radical (unpaired) electrons. The Bertz CT molecular complexity index is 622. The van der Waals surface area contributed by atoms with Crippen molar-refractivity contribution in [2.24, 2.45) is 0 Å². The lowest BCUT2D eigenvalue weighted by Crippen LogP contribution is -2.70. The van der Waals surface area contributed by atoms with E-state index in [0.29, 0.717) is 0 Å². The Kier molecular flexibility index (Phi) is 6.71. The van der Waals surface area contributed by atoms with Gasteiger partial charge in [-0.05, 0) is 48.5 Å². The maximum atomic E-state index is 12.9. The van der Waals surface area contributed by atoms with E-state index in [1.807, 2.05) is 0 Å². The van der Waals surface area contributed by atoms with Crippen LogP contribution in [-0.4, -0.2) is 71.7 Å². The number of rotatable bonds is 3. The van der Waals surface area contributed by atoms with Crippen molar-refractivity contribution in [1.82, 2.24) is 10.2 Å². The molecule has 0 aromatic heterocycles. The van der Waals surface area contributed by atoms with Crippen molar-refractivity contribution >= 4 is 18.2 Å². The van der Waals surface area contributed by atoms with E-state index in [4.69, 9.17) is 18.9 Å². The summed E-state index contributed by atoms with van der Waals surface area (Å²) in [7, 11) is 0. The lowest BCUT2D eigenvalue weighted by Gasteiger charge is -2.51. The first-order chi connectivity index (χ1) is 13.3. The van der Waals surface area contributed by atoms with Gasteiger partial charge in [-0.15, -0.1) is 0 Å². The summed E-state index contributed by atoms with van der Waals surface area (Å²) in [5.74, 6) is -0.536. The molecule has 2 saturated heterocycles. The molecular weight excluding hydrogens is 380 g/mol. The highest BCUT2D eigenvalue weighted by Gasteiger charge is 2.55. The zero-order chi connectivity index (χ0) is 22.0. The maximum Gasteiger partial charge on any atom is 0.410 e. The SMILES string of the molecule is CCOC(=O)C1(NC(=O)OC(C)(C)C)CC2COCC(C1)N2C(=O)OC(C)(C)C. The molecule has 2 rings (SSSR count). The average molecular weight is 414 g/mol. The molecule has 9 nitrogen and oxygen atoms in total. The Morgan fingerprint density at radius 1 is 1.00 bits per heavy atom. The molecule has 166 valence electrons. The normalized spacial score (nSPS) is 27.1. The molecule has 2 heterocycles. The van der Waals surface area contributed by atoms with Crippen molar-refractivity contribution < 1.29 is 33.3 Å². The summed E-state index contributed by atoms with van der Waals surface area (Å²) < 4.78 is 21.8. The van der Waals surface area contributed by atoms with Gasteiger partial charge in [-0.1, -0.05) is 0 Å². The molecule has 9 heteroatoms. The van der Waals surface area contributed by atoms with Crippen LogP contribution in [0.25, 0.3) is 0 Å². The predicted molar refractivity (Wildman–Crippen MR) is 104 cm³/mol.